The first-order valence-electron chi connectivity index (χ1n) is 4.09. The Bertz CT molecular complexity index is 282. The number of hydrogen-bond acceptors (Lipinski definition) is 2. The average Bonchev–Trinajstić information content (AvgIpc) is 2.21. The zero-order chi connectivity index (χ0) is 9.68. The van der Waals surface area contributed by atoms with E-state index >= 15 is 0 Å². The van der Waals surface area contributed by atoms with Crippen LogP contribution in [0.4, 0.5) is 5.69 Å². The lowest BCUT2D eigenvalue weighted by Gasteiger charge is -2.19. The third kappa shape index (κ3) is 2.49. The molecule has 0 saturated carbocycles. The fourth-order valence-electron chi connectivity index (χ4n) is 1.14. The quantitative estimate of drug-likeness (QED) is 0.504. The average molecular weight is 194 g/mol. The molecule has 0 heterocycles. The smallest absolute Gasteiger partial charge is 0.162 e. The largest absolute Gasteiger partial charge is 0.324 e. The number of benzene rings is 1. The predicted octanol–water partition coefficient (Wildman–Crippen LogP) is 2.47. The van der Waals surface area contributed by atoms with Gasteiger partial charge in [-0.1, -0.05) is 30.0 Å². The van der Waals surface area contributed by atoms with Crippen molar-refractivity contribution in [3.05, 3.63) is 30.3 Å². The van der Waals surface area contributed by atoms with E-state index in [1.807, 2.05) is 38.6 Å². The highest BCUT2D eigenvalue weighted by Crippen LogP contribution is 2.15. The number of aliphatic imine (C=N–C) groups is 1. The van der Waals surface area contributed by atoms with E-state index in [0.717, 1.165) is 10.9 Å². The number of para-hydroxylation sites is 1. The number of hydrogen-bond donors (Lipinski definition) is 0. The zero-order valence-corrected chi connectivity index (χ0v) is 9.01. The second-order valence-corrected chi connectivity index (χ2v) is 3.38. The number of amidine groups is 1. The number of thioether (sulfide) groups is 1. The van der Waals surface area contributed by atoms with Gasteiger partial charge in [-0.2, -0.15) is 0 Å². The van der Waals surface area contributed by atoms with Crippen molar-refractivity contribution in [1.82, 2.24) is 0 Å². The minimum atomic E-state index is 1.02. The van der Waals surface area contributed by atoms with E-state index in [2.05, 4.69) is 22.0 Å². The molecule has 1 aromatic carbocycles. The van der Waals surface area contributed by atoms with E-state index in [9.17, 15) is 0 Å². The molecule has 0 bridgehead atoms. The van der Waals surface area contributed by atoms with Crippen molar-refractivity contribution in [3.8, 4) is 0 Å². The highest BCUT2D eigenvalue weighted by atomic mass is 32.2. The van der Waals surface area contributed by atoms with Crippen molar-refractivity contribution >= 4 is 22.6 Å². The molecule has 13 heavy (non-hydrogen) atoms. The summed E-state index contributed by atoms with van der Waals surface area (Å²) in [6.07, 6.45) is 2.03. The summed E-state index contributed by atoms with van der Waals surface area (Å²) >= 11 is 1.65. The maximum atomic E-state index is 4.19. The standard InChI is InChI=1S/C10H14N2S/c1-11-10(13-3)12(2)9-7-5-4-6-8-9/h4-8H,1-3H3. The zero-order valence-electron chi connectivity index (χ0n) is 8.19. The Kier molecular flexibility index (Phi) is 3.83. The molecule has 0 unspecified atom stereocenters. The summed E-state index contributed by atoms with van der Waals surface area (Å²) in [5.41, 5.74) is 1.16. The Morgan fingerprint density at radius 2 is 1.92 bits per heavy atom. The maximum Gasteiger partial charge on any atom is 0.162 e. The minimum Gasteiger partial charge on any atom is -0.324 e. The second kappa shape index (κ2) is 4.92. The molecular weight excluding hydrogens is 180 g/mol. The third-order valence-electron chi connectivity index (χ3n) is 1.80. The van der Waals surface area contributed by atoms with E-state index in [0.29, 0.717) is 0 Å². The topological polar surface area (TPSA) is 15.6 Å². The van der Waals surface area contributed by atoms with Crippen molar-refractivity contribution in [2.75, 3.05) is 25.3 Å². The van der Waals surface area contributed by atoms with Crippen LogP contribution in [0.1, 0.15) is 0 Å². The first kappa shape index (κ1) is 10.1. The van der Waals surface area contributed by atoms with Crippen LogP contribution in [0.25, 0.3) is 0 Å². The van der Waals surface area contributed by atoms with Crippen molar-refractivity contribution in [2.24, 2.45) is 4.99 Å². The highest BCUT2D eigenvalue weighted by molar-refractivity contribution is 8.13. The molecule has 0 saturated heterocycles. The van der Waals surface area contributed by atoms with E-state index in [1.54, 1.807) is 11.8 Å². The van der Waals surface area contributed by atoms with E-state index in [4.69, 9.17) is 0 Å². The Morgan fingerprint density at radius 1 is 1.31 bits per heavy atom. The Hall–Kier alpha value is -0.960. The summed E-state index contributed by atoms with van der Waals surface area (Å²) in [6, 6.07) is 10.2. The molecule has 70 valence electrons. The van der Waals surface area contributed by atoms with E-state index in [1.165, 1.54) is 0 Å². The van der Waals surface area contributed by atoms with Gasteiger partial charge in [-0.25, -0.2) is 0 Å². The van der Waals surface area contributed by atoms with Crippen LogP contribution < -0.4 is 4.90 Å². The molecule has 0 atom stereocenters. The summed E-state index contributed by atoms with van der Waals surface area (Å²) < 4.78 is 0. The van der Waals surface area contributed by atoms with Crippen molar-refractivity contribution < 1.29 is 0 Å². The van der Waals surface area contributed by atoms with Gasteiger partial charge in [-0.05, 0) is 18.4 Å². The summed E-state index contributed by atoms with van der Waals surface area (Å²) in [5.74, 6) is 0. The SMILES string of the molecule is CN=C(SC)N(C)c1ccccc1. The molecule has 0 N–H and O–H groups in total. The fraction of sp³-hybridized carbons (Fsp3) is 0.300. The first-order valence-corrected chi connectivity index (χ1v) is 5.31. The summed E-state index contributed by atoms with van der Waals surface area (Å²) in [6.45, 7) is 0. The van der Waals surface area contributed by atoms with Gasteiger partial charge in [0.2, 0.25) is 0 Å². The van der Waals surface area contributed by atoms with Gasteiger partial charge >= 0.3 is 0 Å². The molecular formula is C10H14N2S. The number of nitrogens with zero attached hydrogens (tertiary/aromatic N) is 2. The Balaban J connectivity index is 2.85. The number of anilines is 1. The molecule has 1 rings (SSSR count). The third-order valence-corrected chi connectivity index (χ3v) is 2.63. The van der Waals surface area contributed by atoms with Gasteiger partial charge in [0.25, 0.3) is 0 Å². The van der Waals surface area contributed by atoms with Gasteiger partial charge in [0.1, 0.15) is 0 Å². The fourth-order valence-corrected chi connectivity index (χ4v) is 1.70. The summed E-state index contributed by atoms with van der Waals surface area (Å²) in [5, 5.41) is 1.02. The lowest BCUT2D eigenvalue weighted by Crippen LogP contribution is -2.22. The summed E-state index contributed by atoms with van der Waals surface area (Å²) in [4.78, 5) is 6.26. The van der Waals surface area contributed by atoms with Crippen LogP contribution in [0.15, 0.2) is 35.3 Å². The van der Waals surface area contributed by atoms with Gasteiger partial charge in [0.15, 0.2) is 5.17 Å². The minimum absolute atomic E-state index is 1.02. The molecule has 2 nitrogen and oxygen atoms in total. The van der Waals surface area contributed by atoms with Crippen molar-refractivity contribution in [3.63, 3.8) is 0 Å². The van der Waals surface area contributed by atoms with Crippen LogP contribution in [0, 0.1) is 0 Å². The van der Waals surface area contributed by atoms with Gasteiger partial charge in [-0.15, -0.1) is 0 Å². The van der Waals surface area contributed by atoms with Crippen LogP contribution in [-0.2, 0) is 0 Å². The van der Waals surface area contributed by atoms with Gasteiger partial charge in [0.05, 0.1) is 0 Å². The molecule has 0 aliphatic rings. The van der Waals surface area contributed by atoms with Gasteiger partial charge < -0.3 is 4.90 Å². The lowest BCUT2D eigenvalue weighted by atomic mass is 10.3. The molecule has 3 heteroatoms. The van der Waals surface area contributed by atoms with Crippen LogP contribution >= 0.6 is 11.8 Å². The predicted molar refractivity (Wildman–Crippen MR) is 61.7 cm³/mol. The summed E-state index contributed by atoms with van der Waals surface area (Å²) in [7, 11) is 3.83. The molecule has 0 aliphatic heterocycles. The van der Waals surface area contributed by atoms with Gasteiger partial charge in [-0.3, -0.25) is 4.99 Å². The molecule has 1 aromatic rings. The Morgan fingerprint density at radius 3 is 2.38 bits per heavy atom. The normalized spacial score (nSPS) is 11.5. The molecule has 0 aliphatic carbocycles. The highest BCUT2D eigenvalue weighted by Gasteiger charge is 2.04. The van der Waals surface area contributed by atoms with Crippen LogP contribution in [0.5, 0.6) is 0 Å². The van der Waals surface area contributed by atoms with Crippen molar-refractivity contribution in [1.29, 1.82) is 0 Å². The molecule has 0 amide bonds. The Labute approximate surface area is 83.7 Å². The van der Waals surface area contributed by atoms with Crippen LogP contribution in [0.3, 0.4) is 0 Å². The number of rotatable bonds is 1. The maximum absolute atomic E-state index is 4.19. The van der Waals surface area contributed by atoms with Crippen LogP contribution in [-0.4, -0.2) is 25.5 Å². The molecule has 0 fully saturated rings. The lowest BCUT2D eigenvalue weighted by molar-refractivity contribution is 1.26. The monoisotopic (exact) mass is 194 g/mol. The molecule has 0 aromatic heterocycles. The molecule has 0 radical (unpaired) electrons. The van der Waals surface area contributed by atoms with Crippen molar-refractivity contribution in [2.45, 2.75) is 0 Å². The first-order chi connectivity index (χ1) is 6.29. The second-order valence-electron chi connectivity index (χ2n) is 2.60. The van der Waals surface area contributed by atoms with E-state index < -0.39 is 0 Å². The van der Waals surface area contributed by atoms with E-state index in [-0.39, 0.29) is 0 Å². The molecule has 0 spiro atoms. The van der Waals surface area contributed by atoms with Crippen LogP contribution in [0.2, 0.25) is 0 Å². The van der Waals surface area contributed by atoms with Gasteiger partial charge in [0, 0.05) is 19.8 Å².